The molecular weight excluding hydrogens is 424 g/mol. The Balaban J connectivity index is 1.71. The van der Waals surface area contributed by atoms with Gasteiger partial charge in [-0.25, -0.2) is 0 Å². The summed E-state index contributed by atoms with van der Waals surface area (Å²) in [7, 11) is 0. The quantitative estimate of drug-likeness (QED) is 0.310. The molecule has 4 rings (SSSR count). The molecule has 0 radical (unpaired) electrons. The van der Waals surface area contributed by atoms with Crippen molar-refractivity contribution in [3.05, 3.63) is 94.6 Å². The number of rotatable bonds is 5. The van der Waals surface area contributed by atoms with Crippen LogP contribution in [0.2, 0.25) is 5.02 Å². The van der Waals surface area contributed by atoms with Crippen LogP contribution in [-0.4, -0.2) is 17.1 Å². The maximum atomic E-state index is 13.3. The lowest BCUT2D eigenvalue weighted by Crippen LogP contribution is -2.13. The van der Waals surface area contributed by atoms with Gasteiger partial charge in [0.2, 0.25) is 0 Å². The fourth-order valence-corrected chi connectivity index (χ4v) is 4.16. The summed E-state index contributed by atoms with van der Waals surface area (Å²) in [5.74, 6) is -0.152. The maximum absolute atomic E-state index is 13.3. The van der Waals surface area contributed by atoms with Gasteiger partial charge < -0.3 is 10.3 Å². The molecule has 4 aromatic rings. The van der Waals surface area contributed by atoms with Gasteiger partial charge in [0.15, 0.2) is 0 Å². The molecule has 1 amide bonds. The average Bonchev–Trinajstić information content (AvgIpc) is 3.31. The van der Waals surface area contributed by atoms with Gasteiger partial charge in [0.25, 0.3) is 5.91 Å². The van der Waals surface area contributed by atoms with Crippen LogP contribution in [0.3, 0.4) is 0 Å². The molecule has 0 aliphatic carbocycles. The zero-order valence-electron chi connectivity index (χ0n) is 17.6. The smallest absolute Gasteiger partial charge is 0.256 e. The van der Waals surface area contributed by atoms with Crippen molar-refractivity contribution >= 4 is 35.0 Å². The summed E-state index contributed by atoms with van der Waals surface area (Å²) < 4.78 is 0. The zero-order chi connectivity index (χ0) is 22.0. The lowest BCUT2D eigenvalue weighted by Gasteiger charge is -2.14. The fourth-order valence-electron chi connectivity index (χ4n) is 3.50. The largest absolute Gasteiger partial charge is 0.361 e. The van der Waals surface area contributed by atoms with E-state index in [1.54, 1.807) is 17.8 Å². The Hall–Kier alpha value is -2.95. The number of benzene rings is 3. The topological polar surface area (TPSA) is 44.9 Å². The lowest BCUT2D eigenvalue weighted by atomic mass is 9.96. The normalized spacial score (nSPS) is 10.8. The van der Waals surface area contributed by atoms with E-state index in [2.05, 4.69) is 48.4 Å². The van der Waals surface area contributed by atoms with Crippen LogP contribution in [0.5, 0.6) is 0 Å². The second kappa shape index (κ2) is 9.04. The number of nitrogens with one attached hydrogen (secondary N) is 2. The number of aromatic amines is 1. The molecule has 1 heterocycles. The summed E-state index contributed by atoms with van der Waals surface area (Å²) in [5.41, 5.74) is 7.47. The molecule has 0 aliphatic rings. The minimum atomic E-state index is -0.152. The first-order valence-electron chi connectivity index (χ1n) is 9.96. The van der Waals surface area contributed by atoms with E-state index in [-0.39, 0.29) is 5.91 Å². The summed E-state index contributed by atoms with van der Waals surface area (Å²) in [5, 5.41) is 3.67. The van der Waals surface area contributed by atoms with Crippen molar-refractivity contribution in [1.29, 1.82) is 0 Å². The number of thioether (sulfide) groups is 1. The summed E-state index contributed by atoms with van der Waals surface area (Å²) in [6, 6.07) is 21.6. The second-order valence-corrected chi connectivity index (χ2v) is 8.73. The van der Waals surface area contributed by atoms with E-state index in [1.807, 2.05) is 48.9 Å². The van der Waals surface area contributed by atoms with Crippen LogP contribution in [-0.2, 0) is 0 Å². The van der Waals surface area contributed by atoms with E-state index in [0.717, 1.165) is 27.3 Å². The second-order valence-electron chi connectivity index (χ2n) is 7.44. The molecule has 156 valence electrons. The van der Waals surface area contributed by atoms with Crippen LogP contribution < -0.4 is 5.32 Å². The molecule has 0 aliphatic heterocycles. The molecule has 0 saturated heterocycles. The van der Waals surface area contributed by atoms with E-state index in [4.69, 9.17) is 11.6 Å². The molecule has 0 unspecified atom stereocenters. The van der Waals surface area contributed by atoms with Gasteiger partial charge in [0, 0.05) is 33.6 Å². The van der Waals surface area contributed by atoms with Gasteiger partial charge in [-0.1, -0.05) is 29.8 Å². The predicted octanol–water partition coefficient (Wildman–Crippen LogP) is 7.59. The number of aryl methyl sites for hydroxylation is 2. The predicted molar refractivity (Wildman–Crippen MR) is 132 cm³/mol. The first-order valence-corrected chi connectivity index (χ1v) is 11.6. The number of anilines is 1. The highest BCUT2D eigenvalue weighted by Crippen LogP contribution is 2.32. The van der Waals surface area contributed by atoms with Gasteiger partial charge in [-0.15, -0.1) is 11.8 Å². The van der Waals surface area contributed by atoms with E-state index in [9.17, 15) is 4.79 Å². The molecule has 31 heavy (non-hydrogen) atoms. The first-order chi connectivity index (χ1) is 15.0. The van der Waals surface area contributed by atoms with Crippen molar-refractivity contribution in [2.45, 2.75) is 18.7 Å². The Morgan fingerprint density at radius 2 is 1.77 bits per heavy atom. The number of hydrogen-bond acceptors (Lipinski definition) is 2. The van der Waals surface area contributed by atoms with E-state index >= 15 is 0 Å². The number of hydrogen-bond donors (Lipinski definition) is 2. The van der Waals surface area contributed by atoms with Gasteiger partial charge in [-0.3, -0.25) is 4.79 Å². The molecule has 0 saturated carbocycles. The average molecular weight is 447 g/mol. The Morgan fingerprint density at radius 3 is 2.48 bits per heavy atom. The fraction of sp³-hybridized carbons (Fsp3) is 0.115. The third kappa shape index (κ3) is 4.55. The molecule has 1 aromatic heterocycles. The van der Waals surface area contributed by atoms with Gasteiger partial charge in [0.1, 0.15) is 0 Å². The standard InChI is InChI=1S/C26H23ClN2OS/c1-16-6-7-18(13-17(16)2)22-15-20(31-3)9-10-21(22)26(30)29-19-8-11-24(27)23(14-19)25-5-4-12-28-25/h4-15,28H,1-3H3,(H,29,30). The molecule has 3 aromatic carbocycles. The van der Waals surface area contributed by atoms with Crippen molar-refractivity contribution in [3.8, 4) is 22.4 Å². The van der Waals surface area contributed by atoms with E-state index in [1.165, 1.54) is 11.1 Å². The summed E-state index contributed by atoms with van der Waals surface area (Å²) in [6.07, 6.45) is 3.88. The monoisotopic (exact) mass is 446 g/mol. The number of amides is 1. The van der Waals surface area contributed by atoms with Crippen LogP contribution in [0.15, 0.2) is 77.8 Å². The SMILES string of the molecule is CSc1ccc(C(=O)Nc2ccc(Cl)c(-c3ccc[nH]3)c2)c(-c2ccc(C)c(C)c2)c1. The van der Waals surface area contributed by atoms with Crippen LogP contribution in [0.4, 0.5) is 5.69 Å². The number of aromatic nitrogens is 1. The number of carbonyl (C=O) groups excluding carboxylic acids is 1. The van der Waals surface area contributed by atoms with Gasteiger partial charge >= 0.3 is 0 Å². The van der Waals surface area contributed by atoms with Crippen molar-refractivity contribution in [3.63, 3.8) is 0 Å². The first kappa shape index (κ1) is 21.3. The minimum Gasteiger partial charge on any atom is -0.361 e. The highest BCUT2D eigenvalue weighted by atomic mass is 35.5. The zero-order valence-corrected chi connectivity index (χ0v) is 19.2. The van der Waals surface area contributed by atoms with Gasteiger partial charge in [-0.05, 0) is 90.9 Å². The van der Waals surface area contributed by atoms with Crippen LogP contribution >= 0.6 is 23.4 Å². The number of H-pyrrole nitrogens is 1. The molecule has 0 fully saturated rings. The summed E-state index contributed by atoms with van der Waals surface area (Å²) >= 11 is 8.03. The van der Waals surface area contributed by atoms with Crippen LogP contribution in [0, 0.1) is 13.8 Å². The molecule has 3 nitrogen and oxygen atoms in total. The molecule has 0 atom stereocenters. The van der Waals surface area contributed by atoms with Crippen LogP contribution in [0.1, 0.15) is 21.5 Å². The van der Waals surface area contributed by atoms with Gasteiger partial charge in [0.05, 0.1) is 5.02 Å². The molecule has 5 heteroatoms. The van der Waals surface area contributed by atoms with Crippen molar-refractivity contribution in [2.75, 3.05) is 11.6 Å². The number of halogens is 1. The van der Waals surface area contributed by atoms with E-state index in [0.29, 0.717) is 16.3 Å². The highest BCUT2D eigenvalue weighted by molar-refractivity contribution is 7.98. The van der Waals surface area contributed by atoms with Crippen molar-refractivity contribution in [1.82, 2.24) is 4.98 Å². The molecule has 2 N–H and O–H groups in total. The Labute approximate surface area is 191 Å². The summed E-state index contributed by atoms with van der Waals surface area (Å²) in [4.78, 5) is 17.6. The third-order valence-electron chi connectivity index (χ3n) is 5.40. The Bertz CT molecular complexity index is 1250. The maximum Gasteiger partial charge on any atom is 0.256 e. The van der Waals surface area contributed by atoms with Crippen molar-refractivity contribution < 1.29 is 4.79 Å². The van der Waals surface area contributed by atoms with Gasteiger partial charge in [-0.2, -0.15) is 0 Å². The summed E-state index contributed by atoms with van der Waals surface area (Å²) in [6.45, 7) is 4.18. The lowest BCUT2D eigenvalue weighted by molar-refractivity contribution is 0.102. The minimum absolute atomic E-state index is 0.152. The third-order valence-corrected chi connectivity index (χ3v) is 6.46. The highest BCUT2D eigenvalue weighted by Gasteiger charge is 2.16. The van der Waals surface area contributed by atoms with E-state index < -0.39 is 0 Å². The Kier molecular flexibility index (Phi) is 6.21. The van der Waals surface area contributed by atoms with Crippen LogP contribution in [0.25, 0.3) is 22.4 Å². The van der Waals surface area contributed by atoms with Crippen molar-refractivity contribution in [2.24, 2.45) is 0 Å². The molecular formula is C26H23ClN2OS. The Morgan fingerprint density at radius 1 is 0.935 bits per heavy atom. The molecule has 0 spiro atoms. The number of carbonyl (C=O) groups is 1. The molecule has 0 bridgehead atoms.